The van der Waals surface area contributed by atoms with Crippen LogP contribution in [0.3, 0.4) is 0 Å². The van der Waals surface area contributed by atoms with E-state index in [1.54, 1.807) is 9.80 Å². The van der Waals surface area contributed by atoms with Gasteiger partial charge in [-0.25, -0.2) is 4.79 Å². The first-order valence-corrected chi connectivity index (χ1v) is 7.92. The Labute approximate surface area is 131 Å². The van der Waals surface area contributed by atoms with Crippen molar-refractivity contribution in [1.29, 1.82) is 0 Å². The molecule has 7 nitrogen and oxygen atoms in total. The number of hydrogen-bond donors (Lipinski definition) is 1. The van der Waals surface area contributed by atoms with E-state index >= 15 is 0 Å². The van der Waals surface area contributed by atoms with Crippen molar-refractivity contribution in [1.82, 2.24) is 15.1 Å². The highest BCUT2D eigenvalue weighted by Crippen LogP contribution is 2.12. The van der Waals surface area contributed by atoms with Crippen molar-refractivity contribution in [2.45, 2.75) is 38.8 Å². The number of piperazine rings is 1. The zero-order valence-electron chi connectivity index (χ0n) is 13.8. The Morgan fingerprint density at radius 2 is 1.82 bits per heavy atom. The number of carbonyl (C=O) groups is 2. The number of rotatable bonds is 3. The van der Waals surface area contributed by atoms with Crippen LogP contribution >= 0.6 is 0 Å². The second-order valence-corrected chi connectivity index (χ2v) is 6.79. The van der Waals surface area contributed by atoms with Gasteiger partial charge < -0.3 is 24.6 Å². The fourth-order valence-electron chi connectivity index (χ4n) is 2.50. The molecule has 0 aromatic carbocycles. The van der Waals surface area contributed by atoms with Crippen LogP contribution in [0.1, 0.15) is 27.2 Å². The molecule has 2 aliphatic heterocycles. The molecule has 0 aromatic rings. The van der Waals surface area contributed by atoms with Crippen molar-refractivity contribution in [3.63, 3.8) is 0 Å². The molecule has 0 saturated carbocycles. The molecule has 1 atom stereocenters. The summed E-state index contributed by atoms with van der Waals surface area (Å²) in [5.41, 5.74) is -0.489. The largest absolute Gasteiger partial charge is 0.444 e. The second-order valence-electron chi connectivity index (χ2n) is 6.79. The van der Waals surface area contributed by atoms with Gasteiger partial charge in [0.15, 0.2) is 0 Å². The smallest absolute Gasteiger partial charge is 0.410 e. The molecule has 1 unspecified atom stereocenters. The lowest BCUT2D eigenvalue weighted by Gasteiger charge is -2.35. The highest BCUT2D eigenvalue weighted by molar-refractivity contribution is 5.78. The summed E-state index contributed by atoms with van der Waals surface area (Å²) in [4.78, 5) is 27.6. The third-order valence-electron chi connectivity index (χ3n) is 3.76. The number of ether oxygens (including phenoxy) is 2. The molecule has 2 fully saturated rings. The number of amides is 2. The van der Waals surface area contributed by atoms with E-state index < -0.39 is 5.60 Å². The van der Waals surface area contributed by atoms with Gasteiger partial charge in [0.1, 0.15) is 5.60 Å². The van der Waals surface area contributed by atoms with Crippen molar-refractivity contribution in [2.24, 2.45) is 0 Å². The molecule has 2 heterocycles. The molecule has 0 spiro atoms. The van der Waals surface area contributed by atoms with E-state index in [4.69, 9.17) is 9.47 Å². The predicted molar refractivity (Wildman–Crippen MR) is 81.6 cm³/mol. The molecule has 0 aromatic heterocycles. The van der Waals surface area contributed by atoms with Gasteiger partial charge >= 0.3 is 6.09 Å². The molecule has 22 heavy (non-hydrogen) atoms. The van der Waals surface area contributed by atoms with Crippen LogP contribution in [0, 0.1) is 0 Å². The zero-order valence-corrected chi connectivity index (χ0v) is 13.8. The van der Waals surface area contributed by atoms with Crippen LogP contribution in [0.4, 0.5) is 4.79 Å². The normalized spacial score (nSPS) is 22.8. The Morgan fingerprint density at radius 1 is 1.18 bits per heavy atom. The van der Waals surface area contributed by atoms with Gasteiger partial charge in [0.2, 0.25) is 5.91 Å². The van der Waals surface area contributed by atoms with Crippen LogP contribution in [0.2, 0.25) is 0 Å². The van der Waals surface area contributed by atoms with Crippen LogP contribution in [0.25, 0.3) is 0 Å². The Hall–Kier alpha value is -1.34. The molecule has 2 amide bonds. The molecule has 126 valence electrons. The van der Waals surface area contributed by atoms with Crippen molar-refractivity contribution < 1.29 is 19.1 Å². The number of hydrogen-bond acceptors (Lipinski definition) is 5. The predicted octanol–water partition coefficient (Wildman–Crippen LogP) is 0.444. The summed E-state index contributed by atoms with van der Waals surface area (Å²) in [5, 5.41) is 3.22. The van der Waals surface area contributed by atoms with Crippen LogP contribution in [-0.4, -0.2) is 79.4 Å². The van der Waals surface area contributed by atoms with Crippen molar-refractivity contribution in [3.8, 4) is 0 Å². The highest BCUT2D eigenvalue weighted by Gasteiger charge is 2.27. The standard InChI is InChI=1S/C15H27N3O4/c1-15(2,3)22-14(20)18-7-5-17(6-8-18)13(19)10-16-12-4-9-21-11-12/h12,16H,4-11H2,1-3H3. The Bertz CT molecular complexity index is 394. The summed E-state index contributed by atoms with van der Waals surface area (Å²) in [5.74, 6) is 0.0794. The average molecular weight is 313 g/mol. The van der Waals surface area contributed by atoms with Crippen molar-refractivity contribution in [3.05, 3.63) is 0 Å². The molecular weight excluding hydrogens is 286 g/mol. The van der Waals surface area contributed by atoms with Crippen LogP contribution in [0.5, 0.6) is 0 Å². The minimum Gasteiger partial charge on any atom is -0.444 e. The molecule has 2 saturated heterocycles. The lowest BCUT2D eigenvalue weighted by molar-refractivity contribution is -0.132. The molecule has 0 bridgehead atoms. The molecule has 0 aliphatic carbocycles. The van der Waals surface area contributed by atoms with Crippen molar-refractivity contribution >= 4 is 12.0 Å². The molecule has 0 radical (unpaired) electrons. The summed E-state index contributed by atoms with van der Waals surface area (Å²) in [7, 11) is 0. The molecule has 2 rings (SSSR count). The van der Waals surface area contributed by atoms with E-state index in [0.717, 1.165) is 13.0 Å². The lowest BCUT2D eigenvalue weighted by Crippen LogP contribution is -2.53. The number of carbonyl (C=O) groups excluding carboxylic acids is 2. The Morgan fingerprint density at radius 3 is 2.36 bits per heavy atom. The number of nitrogens with zero attached hydrogens (tertiary/aromatic N) is 2. The molecule has 2 aliphatic rings. The highest BCUT2D eigenvalue weighted by atomic mass is 16.6. The fourth-order valence-corrected chi connectivity index (χ4v) is 2.50. The van der Waals surface area contributed by atoms with Gasteiger partial charge in [-0.15, -0.1) is 0 Å². The van der Waals surface area contributed by atoms with Gasteiger partial charge in [-0.2, -0.15) is 0 Å². The van der Waals surface area contributed by atoms with Crippen molar-refractivity contribution in [2.75, 3.05) is 45.9 Å². The van der Waals surface area contributed by atoms with Gasteiger partial charge in [-0.1, -0.05) is 0 Å². The van der Waals surface area contributed by atoms with Gasteiger partial charge in [0.25, 0.3) is 0 Å². The van der Waals surface area contributed by atoms with E-state index in [1.807, 2.05) is 20.8 Å². The first-order valence-electron chi connectivity index (χ1n) is 7.92. The fraction of sp³-hybridized carbons (Fsp3) is 0.867. The maximum Gasteiger partial charge on any atom is 0.410 e. The minimum absolute atomic E-state index is 0.0794. The SMILES string of the molecule is CC(C)(C)OC(=O)N1CCN(C(=O)CNC2CCOC2)CC1. The summed E-state index contributed by atoms with van der Waals surface area (Å²) >= 11 is 0. The molecule has 7 heteroatoms. The first-order chi connectivity index (χ1) is 10.3. The Balaban J connectivity index is 1.69. The second kappa shape index (κ2) is 7.28. The van der Waals surface area contributed by atoms with Gasteiger partial charge in [-0.05, 0) is 27.2 Å². The van der Waals surface area contributed by atoms with Crippen LogP contribution in [-0.2, 0) is 14.3 Å². The zero-order chi connectivity index (χ0) is 16.2. The van der Waals surface area contributed by atoms with Gasteiger partial charge in [0.05, 0.1) is 13.2 Å². The number of nitrogens with one attached hydrogen (secondary N) is 1. The minimum atomic E-state index is -0.489. The third kappa shape index (κ3) is 5.14. The average Bonchev–Trinajstić information content (AvgIpc) is 2.96. The first kappa shape index (κ1) is 17.0. The molecular formula is C15H27N3O4. The van der Waals surface area contributed by atoms with Gasteiger partial charge in [-0.3, -0.25) is 4.79 Å². The maximum atomic E-state index is 12.1. The quantitative estimate of drug-likeness (QED) is 0.819. The summed E-state index contributed by atoms with van der Waals surface area (Å²) < 4.78 is 10.6. The van der Waals surface area contributed by atoms with E-state index in [0.29, 0.717) is 39.3 Å². The van der Waals surface area contributed by atoms with E-state index in [1.165, 1.54) is 0 Å². The van der Waals surface area contributed by atoms with E-state index in [2.05, 4.69) is 5.32 Å². The maximum absolute atomic E-state index is 12.1. The van der Waals surface area contributed by atoms with Gasteiger partial charge in [0, 0.05) is 38.8 Å². The van der Waals surface area contributed by atoms with Crippen LogP contribution in [0.15, 0.2) is 0 Å². The summed E-state index contributed by atoms with van der Waals surface area (Å²) in [6, 6.07) is 0.284. The van der Waals surface area contributed by atoms with Crippen LogP contribution < -0.4 is 5.32 Å². The lowest BCUT2D eigenvalue weighted by atomic mass is 10.2. The van der Waals surface area contributed by atoms with E-state index in [9.17, 15) is 9.59 Å². The van der Waals surface area contributed by atoms with E-state index in [-0.39, 0.29) is 18.0 Å². The third-order valence-corrected chi connectivity index (χ3v) is 3.76. The topological polar surface area (TPSA) is 71.1 Å². The Kier molecular flexibility index (Phi) is 5.63. The monoisotopic (exact) mass is 313 g/mol. The molecule has 1 N–H and O–H groups in total. The summed E-state index contributed by atoms with van der Waals surface area (Å²) in [6.45, 7) is 9.48. The summed E-state index contributed by atoms with van der Waals surface area (Å²) in [6.07, 6.45) is 0.653.